The van der Waals surface area contributed by atoms with E-state index in [-0.39, 0.29) is 5.97 Å². The van der Waals surface area contributed by atoms with Gasteiger partial charge in [0.2, 0.25) is 0 Å². The topological polar surface area (TPSA) is 46.5 Å². The van der Waals surface area contributed by atoms with Crippen molar-refractivity contribution < 1.29 is 14.6 Å². The van der Waals surface area contributed by atoms with Crippen molar-refractivity contribution >= 4 is 5.97 Å². The molecular weight excluding hydrogens is 276 g/mol. The minimum absolute atomic E-state index is 0.0994. The largest absolute Gasteiger partial charge is 0.454 e. The molecule has 0 aliphatic heterocycles. The lowest BCUT2D eigenvalue weighted by atomic mass is 9.73. The fraction of sp³-hybridized carbons (Fsp3) is 0.842. The monoisotopic (exact) mass is 306 g/mol. The second-order valence-electron chi connectivity index (χ2n) is 8.33. The standard InChI is InChI=1S/C19H30O3/c1-4-17(2,3)16(20)22-19(14-8-6-5-7-9-14)13-18(21)11-10-15(19)12-18/h8,15,21H,4-7,9-13H2,1-3H3. The normalized spacial score (nSPS) is 38.0. The van der Waals surface area contributed by atoms with E-state index in [1.54, 1.807) is 0 Å². The molecule has 3 aliphatic carbocycles. The van der Waals surface area contributed by atoms with E-state index < -0.39 is 16.6 Å². The summed E-state index contributed by atoms with van der Waals surface area (Å²) in [7, 11) is 0. The quantitative estimate of drug-likeness (QED) is 0.627. The molecule has 22 heavy (non-hydrogen) atoms. The Kier molecular flexibility index (Phi) is 3.91. The molecule has 0 amide bonds. The first-order valence-electron chi connectivity index (χ1n) is 8.97. The molecule has 0 saturated heterocycles. The molecule has 0 aromatic rings. The van der Waals surface area contributed by atoms with Gasteiger partial charge in [-0.15, -0.1) is 0 Å². The number of hydrogen-bond acceptors (Lipinski definition) is 3. The molecule has 0 spiro atoms. The summed E-state index contributed by atoms with van der Waals surface area (Å²) in [5, 5.41) is 10.8. The van der Waals surface area contributed by atoms with Gasteiger partial charge in [0.15, 0.2) is 0 Å². The minimum Gasteiger partial charge on any atom is -0.454 e. The lowest BCUT2D eigenvalue weighted by molar-refractivity contribution is -0.174. The van der Waals surface area contributed by atoms with Gasteiger partial charge < -0.3 is 9.84 Å². The van der Waals surface area contributed by atoms with Gasteiger partial charge in [-0.1, -0.05) is 13.0 Å². The zero-order valence-electron chi connectivity index (χ0n) is 14.3. The van der Waals surface area contributed by atoms with Gasteiger partial charge in [-0.25, -0.2) is 0 Å². The Labute approximate surface area is 134 Å². The zero-order chi connectivity index (χ0) is 16.0. The molecule has 3 unspecified atom stereocenters. The Morgan fingerprint density at radius 2 is 2.23 bits per heavy atom. The summed E-state index contributed by atoms with van der Waals surface area (Å²) in [4.78, 5) is 12.7. The van der Waals surface area contributed by atoms with Crippen molar-refractivity contribution in [1.29, 1.82) is 0 Å². The van der Waals surface area contributed by atoms with Gasteiger partial charge in [-0.3, -0.25) is 4.79 Å². The van der Waals surface area contributed by atoms with E-state index in [4.69, 9.17) is 4.74 Å². The SMILES string of the molecule is CCC(C)(C)C(=O)OC1(C2=CCCCC2)CC2(O)CCC1C2. The summed E-state index contributed by atoms with van der Waals surface area (Å²) in [5.74, 6) is 0.205. The van der Waals surface area contributed by atoms with Crippen LogP contribution in [0.4, 0.5) is 0 Å². The zero-order valence-corrected chi connectivity index (χ0v) is 14.3. The summed E-state index contributed by atoms with van der Waals surface area (Å²) in [6, 6.07) is 0. The number of fused-ring (bicyclic) bond motifs is 2. The number of rotatable bonds is 4. The number of hydrogen-bond donors (Lipinski definition) is 1. The first kappa shape index (κ1) is 16.0. The molecule has 0 aromatic heterocycles. The van der Waals surface area contributed by atoms with Crippen LogP contribution in [0.15, 0.2) is 11.6 Å². The number of carbonyl (C=O) groups excluding carboxylic acids is 1. The summed E-state index contributed by atoms with van der Waals surface area (Å²) in [5.41, 5.74) is -0.289. The fourth-order valence-corrected chi connectivity index (χ4v) is 4.53. The number of aliphatic hydroxyl groups is 1. The minimum atomic E-state index is -0.612. The highest BCUT2D eigenvalue weighted by atomic mass is 16.6. The molecule has 0 radical (unpaired) electrons. The summed E-state index contributed by atoms with van der Waals surface area (Å²) in [6.45, 7) is 5.95. The van der Waals surface area contributed by atoms with Crippen molar-refractivity contribution in [3.63, 3.8) is 0 Å². The van der Waals surface area contributed by atoms with E-state index in [0.717, 1.165) is 38.5 Å². The van der Waals surface area contributed by atoms with Crippen LogP contribution in [0, 0.1) is 11.3 Å². The molecule has 2 saturated carbocycles. The van der Waals surface area contributed by atoms with Gasteiger partial charge >= 0.3 is 5.97 Å². The van der Waals surface area contributed by atoms with E-state index in [0.29, 0.717) is 12.3 Å². The lowest BCUT2D eigenvalue weighted by Crippen LogP contribution is -2.47. The molecule has 0 aromatic carbocycles. The van der Waals surface area contributed by atoms with Crippen LogP contribution < -0.4 is 0 Å². The Balaban J connectivity index is 1.92. The molecule has 0 heterocycles. The van der Waals surface area contributed by atoms with Crippen LogP contribution in [-0.4, -0.2) is 22.3 Å². The Morgan fingerprint density at radius 3 is 2.73 bits per heavy atom. The van der Waals surface area contributed by atoms with E-state index in [9.17, 15) is 9.90 Å². The van der Waals surface area contributed by atoms with Crippen LogP contribution in [0.3, 0.4) is 0 Å². The van der Waals surface area contributed by atoms with Crippen LogP contribution in [0.2, 0.25) is 0 Å². The van der Waals surface area contributed by atoms with Gasteiger partial charge in [-0.2, -0.15) is 0 Å². The Bertz CT molecular complexity index is 493. The van der Waals surface area contributed by atoms with Crippen molar-refractivity contribution in [3.05, 3.63) is 11.6 Å². The second kappa shape index (κ2) is 5.36. The van der Waals surface area contributed by atoms with E-state index >= 15 is 0 Å². The summed E-state index contributed by atoms with van der Waals surface area (Å²) >= 11 is 0. The molecule has 2 bridgehead atoms. The number of carbonyl (C=O) groups is 1. The molecule has 1 N–H and O–H groups in total. The number of esters is 1. The molecule has 3 rings (SSSR count). The molecule has 3 atom stereocenters. The van der Waals surface area contributed by atoms with Crippen molar-refractivity contribution in [3.8, 4) is 0 Å². The van der Waals surface area contributed by atoms with Crippen LogP contribution in [-0.2, 0) is 9.53 Å². The smallest absolute Gasteiger partial charge is 0.312 e. The van der Waals surface area contributed by atoms with Crippen LogP contribution >= 0.6 is 0 Å². The highest BCUT2D eigenvalue weighted by molar-refractivity contribution is 5.76. The van der Waals surface area contributed by atoms with E-state index in [1.807, 2.05) is 20.8 Å². The van der Waals surface area contributed by atoms with Crippen LogP contribution in [0.1, 0.15) is 78.6 Å². The van der Waals surface area contributed by atoms with Gasteiger partial charge in [0.25, 0.3) is 0 Å². The van der Waals surface area contributed by atoms with Crippen molar-refractivity contribution in [2.75, 3.05) is 0 Å². The first-order valence-corrected chi connectivity index (χ1v) is 8.97. The third kappa shape index (κ3) is 2.51. The van der Waals surface area contributed by atoms with E-state index in [2.05, 4.69) is 6.08 Å². The molecule has 124 valence electrons. The van der Waals surface area contributed by atoms with Gasteiger partial charge in [-0.05, 0) is 70.8 Å². The van der Waals surface area contributed by atoms with Crippen molar-refractivity contribution in [2.24, 2.45) is 11.3 Å². The molecule has 3 aliphatic rings. The first-order chi connectivity index (χ1) is 10.3. The lowest BCUT2D eigenvalue weighted by Gasteiger charge is -2.43. The second-order valence-corrected chi connectivity index (χ2v) is 8.33. The maximum absolute atomic E-state index is 12.7. The molecule has 3 nitrogen and oxygen atoms in total. The van der Waals surface area contributed by atoms with E-state index in [1.165, 1.54) is 18.4 Å². The van der Waals surface area contributed by atoms with Gasteiger partial charge in [0, 0.05) is 12.3 Å². The highest BCUT2D eigenvalue weighted by Gasteiger charge is 2.62. The number of ether oxygens (including phenoxy) is 1. The van der Waals surface area contributed by atoms with Crippen LogP contribution in [0.5, 0.6) is 0 Å². The van der Waals surface area contributed by atoms with Crippen LogP contribution in [0.25, 0.3) is 0 Å². The van der Waals surface area contributed by atoms with Gasteiger partial charge in [0.05, 0.1) is 11.0 Å². The predicted molar refractivity (Wildman–Crippen MR) is 86.4 cm³/mol. The Hall–Kier alpha value is -0.830. The molecular formula is C19H30O3. The van der Waals surface area contributed by atoms with Crippen molar-refractivity contribution in [1.82, 2.24) is 0 Å². The predicted octanol–water partition coefficient (Wildman–Crippen LogP) is 4.14. The van der Waals surface area contributed by atoms with Crippen molar-refractivity contribution in [2.45, 2.75) is 89.8 Å². The molecule has 3 heteroatoms. The maximum Gasteiger partial charge on any atom is 0.312 e. The molecule has 2 fully saturated rings. The maximum atomic E-state index is 12.7. The third-order valence-electron chi connectivity index (χ3n) is 6.38. The summed E-state index contributed by atoms with van der Waals surface area (Å²) < 4.78 is 6.23. The third-order valence-corrected chi connectivity index (χ3v) is 6.38. The summed E-state index contributed by atoms with van der Waals surface area (Å²) in [6.07, 6.45) is 10.8. The fourth-order valence-electron chi connectivity index (χ4n) is 4.53. The Morgan fingerprint density at radius 1 is 1.45 bits per heavy atom. The highest BCUT2D eigenvalue weighted by Crippen LogP contribution is 2.59. The number of allylic oxidation sites excluding steroid dienone is 1. The average molecular weight is 306 g/mol. The average Bonchev–Trinajstić information content (AvgIpc) is 3.02. The van der Waals surface area contributed by atoms with Gasteiger partial charge in [0.1, 0.15) is 5.60 Å².